The van der Waals surface area contributed by atoms with Gasteiger partial charge in [-0.2, -0.15) is 8.42 Å². The predicted molar refractivity (Wildman–Crippen MR) is 70.8 cm³/mol. The predicted octanol–water partition coefficient (Wildman–Crippen LogP) is 2.33. The summed E-state index contributed by atoms with van der Waals surface area (Å²) in [6.07, 6.45) is 1.05. The summed E-state index contributed by atoms with van der Waals surface area (Å²) in [5.41, 5.74) is 3.65. The summed E-state index contributed by atoms with van der Waals surface area (Å²) in [5.74, 6) is 0. The lowest BCUT2D eigenvalue weighted by Gasteiger charge is -2.09. The Bertz CT molecular complexity index is 693. The van der Waals surface area contributed by atoms with Crippen molar-refractivity contribution in [3.8, 4) is 0 Å². The highest BCUT2D eigenvalue weighted by atomic mass is 32.2. The van der Waals surface area contributed by atoms with Crippen molar-refractivity contribution < 1.29 is 12.6 Å². The summed E-state index contributed by atoms with van der Waals surface area (Å²) in [6.45, 7) is 3.91. The van der Waals surface area contributed by atoms with Gasteiger partial charge in [-0.3, -0.25) is 9.17 Å². The molecule has 5 heteroatoms. The van der Waals surface area contributed by atoms with Crippen LogP contribution in [-0.2, 0) is 20.9 Å². The molecule has 0 saturated carbocycles. The van der Waals surface area contributed by atoms with Crippen molar-refractivity contribution in [3.05, 3.63) is 41.1 Å². The standard InChI is InChI=1S/C13H15NO3S/c1-9-5-4-6-12-11(8-17-18(3,15)16)7-10(2)14-13(9)12/h4-7H,8H2,1-3H3. The monoisotopic (exact) mass is 265 g/mol. The summed E-state index contributed by atoms with van der Waals surface area (Å²) in [7, 11) is -3.43. The molecular weight excluding hydrogens is 250 g/mol. The van der Waals surface area contributed by atoms with E-state index in [1.54, 1.807) is 0 Å². The van der Waals surface area contributed by atoms with E-state index in [4.69, 9.17) is 4.18 Å². The van der Waals surface area contributed by atoms with Crippen LogP contribution in [0.15, 0.2) is 24.3 Å². The number of hydrogen-bond donors (Lipinski definition) is 0. The first-order valence-electron chi connectivity index (χ1n) is 5.57. The Morgan fingerprint density at radius 1 is 1.28 bits per heavy atom. The number of benzene rings is 1. The van der Waals surface area contributed by atoms with Crippen molar-refractivity contribution in [2.75, 3.05) is 6.26 Å². The molecule has 0 atom stereocenters. The summed E-state index contributed by atoms with van der Waals surface area (Å²) in [4.78, 5) is 4.48. The smallest absolute Gasteiger partial charge is 0.264 e. The quantitative estimate of drug-likeness (QED) is 0.799. The molecule has 18 heavy (non-hydrogen) atoms. The van der Waals surface area contributed by atoms with Gasteiger partial charge in [-0.15, -0.1) is 0 Å². The van der Waals surface area contributed by atoms with Crippen molar-refractivity contribution >= 4 is 21.0 Å². The highest BCUT2D eigenvalue weighted by Crippen LogP contribution is 2.22. The van der Waals surface area contributed by atoms with E-state index in [2.05, 4.69) is 4.98 Å². The van der Waals surface area contributed by atoms with Crippen molar-refractivity contribution in [3.63, 3.8) is 0 Å². The number of para-hydroxylation sites is 1. The fraction of sp³-hybridized carbons (Fsp3) is 0.308. The van der Waals surface area contributed by atoms with Crippen LogP contribution in [0, 0.1) is 13.8 Å². The van der Waals surface area contributed by atoms with E-state index in [0.29, 0.717) is 0 Å². The third-order valence-electron chi connectivity index (χ3n) is 2.68. The van der Waals surface area contributed by atoms with E-state index in [9.17, 15) is 8.42 Å². The first-order chi connectivity index (χ1) is 8.37. The summed E-state index contributed by atoms with van der Waals surface area (Å²) in [6, 6.07) is 7.69. The van der Waals surface area contributed by atoms with Gasteiger partial charge in [-0.05, 0) is 31.0 Å². The Morgan fingerprint density at radius 3 is 2.67 bits per heavy atom. The number of nitrogens with zero attached hydrogens (tertiary/aromatic N) is 1. The molecule has 0 radical (unpaired) electrons. The first-order valence-corrected chi connectivity index (χ1v) is 7.39. The molecule has 0 fully saturated rings. The molecule has 4 nitrogen and oxygen atoms in total. The summed E-state index contributed by atoms with van der Waals surface area (Å²) < 4.78 is 27.0. The van der Waals surface area contributed by atoms with E-state index in [0.717, 1.165) is 34.0 Å². The van der Waals surface area contributed by atoms with E-state index < -0.39 is 10.1 Å². The zero-order valence-corrected chi connectivity index (χ0v) is 11.4. The molecule has 0 unspecified atom stereocenters. The Labute approximate surface area is 107 Å². The molecule has 0 aliphatic carbocycles. The zero-order valence-electron chi connectivity index (χ0n) is 10.6. The van der Waals surface area contributed by atoms with Crippen LogP contribution in [0.4, 0.5) is 0 Å². The van der Waals surface area contributed by atoms with Gasteiger partial charge in [0.25, 0.3) is 10.1 Å². The first kappa shape index (κ1) is 13.0. The third kappa shape index (κ3) is 2.86. The Hall–Kier alpha value is -1.46. The number of aryl methyl sites for hydroxylation is 2. The molecule has 0 aliphatic rings. The van der Waals surface area contributed by atoms with Crippen LogP contribution in [0.5, 0.6) is 0 Å². The van der Waals surface area contributed by atoms with Gasteiger partial charge in [-0.25, -0.2) is 0 Å². The fourth-order valence-electron chi connectivity index (χ4n) is 1.89. The van der Waals surface area contributed by atoms with E-state index in [1.165, 1.54) is 0 Å². The molecule has 0 amide bonds. The second-order valence-corrected chi connectivity index (χ2v) is 6.00. The van der Waals surface area contributed by atoms with Crippen LogP contribution in [0.2, 0.25) is 0 Å². The fourth-order valence-corrected chi connectivity index (χ4v) is 2.24. The number of hydrogen-bond acceptors (Lipinski definition) is 4. The lowest BCUT2D eigenvalue weighted by molar-refractivity contribution is 0.313. The van der Waals surface area contributed by atoms with E-state index in [1.807, 2.05) is 38.1 Å². The largest absolute Gasteiger partial charge is 0.265 e. The second-order valence-electron chi connectivity index (χ2n) is 4.36. The van der Waals surface area contributed by atoms with E-state index in [-0.39, 0.29) is 6.61 Å². The molecule has 0 spiro atoms. The molecule has 0 N–H and O–H groups in total. The third-order valence-corrected chi connectivity index (χ3v) is 3.23. The average molecular weight is 265 g/mol. The molecule has 1 aromatic carbocycles. The minimum absolute atomic E-state index is 0.0438. The minimum atomic E-state index is -3.43. The van der Waals surface area contributed by atoms with Gasteiger partial charge in [0.1, 0.15) is 0 Å². The second kappa shape index (κ2) is 4.66. The maximum absolute atomic E-state index is 11.1. The van der Waals surface area contributed by atoms with Gasteiger partial charge >= 0.3 is 0 Å². The molecule has 1 heterocycles. The van der Waals surface area contributed by atoms with Crippen LogP contribution in [0.3, 0.4) is 0 Å². The summed E-state index contributed by atoms with van der Waals surface area (Å²) >= 11 is 0. The Morgan fingerprint density at radius 2 is 2.00 bits per heavy atom. The van der Waals surface area contributed by atoms with Gasteiger partial charge in [0.15, 0.2) is 0 Å². The highest BCUT2D eigenvalue weighted by molar-refractivity contribution is 7.85. The maximum Gasteiger partial charge on any atom is 0.264 e. The zero-order chi connectivity index (χ0) is 13.3. The van der Waals surface area contributed by atoms with Crippen molar-refractivity contribution in [1.29, 1.82) is 0 Å². The molecule has 0 bridgehead atoms. The molecular formula is C13H15NO3S. The van der Waals surface area contributed by atoms with Gasteiger partial charge in [-0.1, -0.05) is 18.2 Å². The molecule has 0 aliphatic heterocycles. The van der Waals surface area contributed by atoms with Gasteiger partial charge < -0.3 is 0 Å². The number of pyridine rings is 1. The van der Waals surface area contributed by atoms with Crippen LogP contribution in [0.25, 0.3) is 10.9 Å². The van der Waals surface area contributed by atoms with Crippen LogP contribution in [0.1, 0.15) is 16.8 Å². The number of fused-ring (bicyclic) bond motifs is 1. The van der Waals surface area contributed by atoms with Crippen LogP contribution < -0.4 is 0 Å². The van der Waals surface area contributed by atoms with Gasteiger partial charge in [0, 0.05) is 11.1 Å². The topological polar surface area (TPSA) is 56.3 Å². The molecule has 96 valence electrons. The van der Waals surface area contributed by atoms with Gasteiger partial charge in [0.05, 0.1) is 18.4 Å². The summed E-state index contributed by atoms with van der Waals surface area (Å²) in [5, 5.41) is 0.934. The van der Waals surface area contributed by atoms with Crippen molar-refractivity contribution in [1.82, 2.24) is 4.98 Å². The lowest BCUT2D eigenvalue weighted by atomic mass is 10.1. The van der Waals surface area contributed by atoms with Crippen molar-refractivity contribution in [2.24, 2.45) is 0 Å². The highest BCUT2D eigenvalue weighted by Gasteiger charge is 2.09. The molecule has 1 aromatic heterocycles. The Kier molecular flexibility index (Phi) is 3.36. The number of aromatic nitrogens is 1. The van der Waals surface area contributed by atoms with Crippen LogP contribution in [-0.4, -0.2) is 19.7 Å². The maximum atomic E-state index is 11.1. The normalized spacial score (nSPS) is 11.9. The molecule has 2 aromatic rings. The molecule has 0 saturated heterocycles. The Balaban J connectivity index is 2.53. The number of rotatable bonds is 3. The van der Waals surface area contributed by atoms with Crippen LogP contribution >= 0.6 is 0 Å². The minimum Gasteiger partial charge on any atom is -0.265 e. The lowest BCUT2D eigenvalue weighted by Crippen LogP contribution is -2.04. The SMILES string of the molecule is Cc1cc(COS(C)(=O)=O)c2cccc(C)c2n1. The van der Waals surface area contributed by atoms with Crippen molar-refractivity contribution in [2.45, 2.75) is 20.5 Å². The average Bonchev–Trinajstić information content (AvgIpc) is 2.26. The van der Waals surface area contributed by atoms with E-state index >= 15 is 0 Å². The molecule has 2 rings (SSSR count). The van der Waals surface area contributed by atoms with Gasteiger partial charge in [0.2, 0.25) is 0 Å².